The van der Waals surface area contributed by atoms with Crippen LogP contribution in [0.15, 0.2) is 24.3 Å². The molecule has 2 rings (SSSR count). The van der Waals surface area contributed by atoms with E-state index in [2.05, 4.69) is 67.6 Å². The Morgan fingerprint density at radius 2 is 1.70 bits per heavy atom. The van der Waals surface area contributed by atoms with Gasteiger partial charge in [-0.1, -0.05) is 60.6 Å². The van der Waals surface area contributed by atoms with Gasteiger partial charge in [0.25, 0.3) is 0 Å². The maximum atomic E-state index is 9.11. The van der Waals surface area contributed by atoms with Crippen LogP contribution in [0.4, 0.5) is 0 Å². The molecule has 1 aromatic rings. The molecule has 3 nitrogen and oxygen atoms in total. The van der Waals surface area contributed by atoms with Gasteiger partial charge in [-0.15, -0.1) is 11.8 Å². The van der Waals surface area contributed by atoms with Crippen molar-refractivity contribution in [3.05, 3.63) is 35.4 Å². The van der Waals surface area contributed by atoms with Crippen LogP contribution in [-0.2, 0) is 9.16 Å². The van der Waals surface area contributed by atoms with Gasteiger partial charge in [0.2, 0.25) is 0 Å². The van der Waals surface area contributed by atoms with Gasteiger partial charge in [-0.05, 0) is 42.2 Å². The molecule has 0 unspecified atom stereocenters. The fourth-order valence-electron chi connectivity index (χ4n) is 3.16. The number of ether oxygens (including phenoxy) is 1. The van der Waals surface area contributed by atoms with Crippen LogP contribution in [0.1, 0.15) is 72.1 Å². The van der Waals surface area contributed by atoms with Crippen LogP contribution < -0.4 is 0 Å². The van der Waals surface area contributed by atoms with Crippen molar-refractivity contribution >= 4 is 20.1 Å². The van der Waals surface area contributed by atoms with Crippen molar-refractivity contribution < 1.29 is 9.16 Å². The van der Waals surface area contributed by atoms with Gasteiger partial charge < -0.3 is 9.16 Å². The van der Waals surface area contributed by atoms with Crippen molar-refractivity contribution in [2.24, 2.45) is 0 Å². The second-order valence-corrected chi connectivity index (χ2v) is 16.7. The highest BCUT2D eigenvalue weighted by Gasteiger charge is 2.62. The molecule has 0 aliphatic carbocycles. The smallest absolute Gasteiger partial charge is 0.194 e. The Bertz CT molecular complexity index is 697. The molecule has 0 amide bonds. The standard InChI is InChI=1S/C22H35NO2SSi/c1-10-18-22(26-20(2,3)4,25-27(8,9)21(5,6)7)19(24-18)17-13-11-16(15-23)12-14-17/h11-14,18-19H,10H2,1-9H3/t18-,19+,22-/m0/s1. The number of nitrogens with zero attached hydrogens (tertiary/aromatic N) is 1. The first-order chi connectivity index (χ1) is 12.3. The van der Waals surface area contributed by atoms with Gasteiger partial charge >= 0.3 is 0 Å². The number of rotatable bonds is 5. The quantitative estimate of drug-likeness (QED) is 0.406. The van der Waals surface area contributed by atoms with Crippen LogP contribution in [0, 0.1) is 11.3 Å². The van der Waals surface area contributed by atoms with E-state index >= 15 is 0 Å². The molecule has 1 heterocycles. The van der Waals surface area contributed by atoms with E-state index < -0.39 is 13.3 Å². The number of benzene rings is 1. The number of hydrogen-bond acceptors (Lipinski definition) is 4. The molecule has 0 saturated carbocycles. The van der Waals surface area contributed by atoms with Gasteiger partial charge in [0, 0.05) is 4.75 Å². The maximum Gasteiger partial charge on any atom is 0.194 e. The summed E-state index contributed by atoms with van der Waals surface area (Å²) in [6, 6.07) is 9.97. The molecule has 3 atom stereocenters. The third-order valence-corrected chi connectivity index (χ3v) is 11.6. The van der Waals surface area contributed by atoms with Gasteiger partial charge in [-0.3, -0.25) is 0 Å². The Labute approximate surface area is 171 Å². The molecule has 0 radical (unpaired) electrons. The molecular formula is C22H35NO2SSi. The summed E-state index contributed by atoms with van der Waals surface area (Å²) in [7, 11) is -2.01. The van der Waals surface area contributed by atoms with Crippen LogP contribution in [0.25, 0.3) is 0 Å². The molecule has 0 bridgehead atoms. The highest BCUT2D eigenvalue weighted by atomic mass is 32.2. The molecule has 1 aliphatic heterocycles. The molecule has 0 aromatic heterocycles. The van der Waals surface area contributed by atoms with Gasteiger partial charge in [0.05, 0.1) is 17.7 Å². The Balaban J connectivity index is 2.50. The summed E-state index contributed by atoms with van der Waals surface area (Å²) in [5.74, 6) is 0. The highest BCUT2D eigenvalue weighted by Crippen LogP contribution is 2.60. The summed E-state index contributed by atoms with van der Waals surface area (Å²) in [6.07, 6.45) is 0.870. The van der Waals surface area contributed by atoms with Gasteiger partial charge in [0.15, 0.2) is 13.3 Å². The van der Waals surface area contributed by atoms with Gasteiger partial charge in [0.1, 0.15) is 6.10 Å². The lowest BCUT2D eigenvalue weighted by Gasteiger charge is -2.60. The normalized spacial score (nSPS) is 26.4. The van der Waals surface area contributed by atoms with Crippen LogP contribution >= 0.6 is 11.8 Å². The minimum absolute atomic E-state index is 0.0460. The van der Waals surface area contributed by atoms with Crippen molar-refractivity contribution in [1.82, 2.24) is 0 Å². The predicted octanol–water partition coefficient (Wildman–Crippen LogP) is 6.66. The first-order valence-electron chi connectivity index (χ1n) is 9.81. The highest BCUT2D eigenvalue weighted by molar-refractivity contribution is 8.02. The van der Waals surface area contributed by atoms with Crippen molar-refractivity contribution in [3.63, 3.8) is 0 Å². The molecule has 1 aromatic carbocycles. The van der Waals surface area contributed by atoms with E-state index in [-0.39, 0.29) is 22.0 Å². The molecular weight excluding hydrogens is 370 g/mol. The second kappa shape index (κ2) is 7.55. The molecule has 150 valence electrons. The fourth-order valence-corrected chi connectivity index (χ4v) is 6.91. The largest absolute Gasteiger partial charge is 0.398 e. The minimum Gasteiger partial charge on any atom is -0.398 e. The summed E-state index contributed by atoms with van der Waals surface area (Å²) in [5, 5.41) is 9.24. The summed E-state index contributed by atoms with van der Waals surface area (Å²) < 4.78 is 13.5. The molecule has 1 fully saturated rings. The zero-order chi connectivity index (χ0) is 20.7. The lowest BCUT2D eigenvalue weighted by Crippen LogP contribution is -2.65. The molecule has 1 aliphatic rings. The first kappa shape index (κ1) is 22.5. The lowest BCUT2D eigenvalue weighted by molar-refractivity contribution is -0.240. The number of hydrogen-bond donors (Lipinski definition) is 0. The monoisotopic (exact) mass is 405 g/mol. The van der Waals surface area contributed by atoms with Gasteiger partial charge in [-0.25, -0.2) is 0 Å². The van der Waals surface area contributed by atoms with E-state index in [9.17, 15) is 0 Å². The van der Waals surface area contributed by atoms with E-state index in [0.29, 0.717) is 5.56 Å². The van der Waals surface area contributed by atoms with Crippen LogP contribution in [0.3, 0.4) is 0 Å². The number of thioether (sulfide) groups is 1. The van der Waals surface area contributed by atoms with Crippen molar-refractivity contribution in [2.75, 3.05) is 0 Å². The Kier molecular flexibility index (Phi) is 6.29. The molecule has 0 N–H and O–H groups in total. The topological polar surface area (TPSA) is 42.2 Å². The second-order valence-electron chi connectivity index (χ2n) is 9.95. The minimum atomic E-state index is -2.01. The van der Waals surface area contributed by atoms with E-state index in [0.717, 1.165) is 12.0 Å². The SMILES string of the molecule is CC[C@@H]1O[C@H](c2ccc(C#N)cc2)[C@@]1(O[Si](C)(C)C(C)(C)C)SC(C)(C)C. The van der Waals surface area contributed by atoms with Crippen LogP contribution in [-0.4, -0.2) is 24.1 Å². The van der Waals surface area contributed by atoms with E-state index in [1.54, 1.807) is 0 Å². The molecule has 1 saturated heterocycles. The van der Waals surface area contributed by atoms with Crippen molar-refractivity contribution in [3.8, 4) is 6.07 Å². The van der Waals surface area contributed by atoms with Crippen LogP contribution in [0.5, 0.6) is 0 Å². The Hall–Kier alpha value is -0.803. The zero-order valence-electron chi connectivity index (χ0n) is 18.3. The Morgan fingerprint density at radius 3 is 2.11 bits per heavy atom. The summed E-state index contributed by atoms with van der Waals surface area (Å²) >= 11 is 1.90. The van der Waals surface area contributed by atoms with E-state index in [1.165, 1.54) is 0 Å². The summed E-state index contributed by atoms with van der Waals surface area (Å²) in [5.41, 5.74) is 1.76. The average molecular weight is 406 g/mol. The average Bonchev–Trinajstić information content (AvgIpc) is 2.51. The lowest BCUT2D eigenvalue weighted by atomic mass is 9.91. The summed E-state index contributed by atoms with van der Waals surface area (Å²) in [6.45, 7) is 20.4. The third kappa shape index (κ3) is 4.62. The third-order valence-electron chi connectivity index (χ3n) is 5.51. The zero-order valence-corrected chi connectivity index (χ0v) is 20.2. The van der Waals surface area contributed by atoms with E-state index in [1.807, 2.05) is 36.0 Å². The van der Waals surface area contributed by atoms with E-state index in [4.69, 9.17) is 14.4 Å². The number of nitriles is 1. The fraction of sp³-hybridized carbons (Fsp3) is 0.682. The van der Waals surface area contributed by atoms with Crippen LogP contribution in [0.2, 0.25) is 18.1 Å². The first-order valence-corrected chi connectivity index (χ1v) is 13.5. The maximum absolute atomic E-state index is 9.11. The van der Waals surface area contributed by atoms with Crippen molar-refractivity contribution in [2.45, 2.75) is 94.9 Å². The predicted molar refractivity (Wildman–Crippen MR) is 117 cm³/mol. The Morgan fingerprint density at radius 1 is 1.15 bits per heavy atom. The van der Waals surface area contributed by atoms with Crippen molar-refractivity contribution in [1.29, 1.82) is 5.26 Å². The molecule has 5 heteroatoms. The summed E-state index contributed by atoms with van der Waals surface area (Å²) in [4.78, 5) is -0.399. The molecule has 0 spiro atoms. The molecule has 27 heavy (non-hydrogen) atoms. The van der Waals surface area contributed by atoms with Gasteiger partial charge in [-0.2, -0.15) is 5.26 Å².